The van der Waals surface area contributed by atoms with Crippen LogP contribution in [0.4, 0.5) is 13.2 Å². The van der Waals surface area contributed by atoms with Crippen LogP contribution >= 0.6 is 15.9 Å². The quantitative estimate of drug-likeness (QED) is 0.676. The van der Waals surface area contributed by atoms with Crippen LogP contribution in [-0.2, 0) is 4.79 Å². The number of amides is 1. The first-order valence-electron chi connectivity index (χ1n) is 4.97. The molecule has 1 amide bonds. The number of hydrogen-bond acceptors (Lipinski definition) is 3. The van der Waals surface area contributed by atoms with Crippen LogP contribution in [0, 0.1) is 0 Å². The molecule has 0 aromatic heterocycles. The van der Waals surface area contributed by atoms with Crippen molar-refractivity contribution >= 4 is 27.6 Å². The number of nitrogens with one attached hydrogen (secondary N) is 1. The Morgan fingerprint density at radius 1 is 1.37 bits per heavy atom. The number of rotatable bonds is 4. The maximum absolute atomic E-state index is 11.9. The largest absolute Gasteiger partial charge is 0.496 e. The Hall–Kier alpha value is -1.57. The molecule has 0 spiro atoms. The molecule has 1 rings (SSSR count). The van der Waals surface area contributed by atoms with E-state index in [1.165, 1.54) is 24.6 Å². The lowest BCUT2D eigenvalue weighted by molar-refractivity contribution is -0.135. The average Bonchev–Trinajstić information content (AvgIpc) is 2.34. The summed E-state index contributed by atoms with van der Waals surface area (Å²) in [5.41, 5.74) is -0.114. The summed E-state index contributed by atoms with van der Waals surface area (Å²) in [5, 5.41) is 1.51. The molecule has 1 aromatic carbocycles. The van der Waals surface area contributed by atoms with Crippen LogP contribution < -0.4 is 10.1 Å². The van der Waals surface area contributed by atoms with E-state index in [0.29, 0.717) is 4.47 Å². The Labute approximate surface area is 115 Å². The van der Waals surface area contributed by atoms with Crippen molar-refractivity contribution in [3.05, 3.63) is 28.2 Å². The first-order chi connectivity index (χ1) is 8.74. The number of Topliss-reactive ketones (excluding diaryl/α,β-unsaturated/α-hetero) is 1. The lowest BCUT2D eigenvalue weighted by Gasteiger charge is -2.10. The van der Waals surface area contributed by atoms with Gasteiger partial charge in [-0.25, -0.2) is 0 Å². The second-order valence-electron chi connectivity index (χ2n) is 3.47. The number of hydrogen-bond donors (Lipinski definition) is 1. The Bertz CT molecular complexity index is 502. The molecule has 0 radical (unpaired) electrons. The highest BCUT2D eigenvalue weighted by molar-refractivity contribution is 9.10. The summed E-state index contributed by atoms with van der Waals surface area (Å²) in [5.74, 6) is -2.33. The van der Waals surface area contributed by atoms with E-state index in [0.717, 1.165) is 0 Å². The molecule has 0 aliphatic heterocycles. The maximum Gasteiger partial charge on any atom is 0.405 e. The normalized spacial score (nSPS) is 11.0. The molecule has 0 fully saturated rings. The number of alkyl halides is 3. The summed E-state index contributed by atoms with van der Waals surface area (Å²) in [6.45, 7) is -1.56. The van der Waals surface area contributed by atoms with Gasteiger partial charge in [0.1, 0.15) is 12.3 Å². The van der Waals surface area contributed by atoms with Gasteiger partial charge in [0.25, 0.3) is 11.7 Å². The molecule has 1 aromatic rings. The van der Waals surface area contributed by atoms with Crippen LogP contribution in [0.1, 0.15) is 10.4 Å². The molecule has 0 bridgehead atoms. The molecule has 0 heterocycles. The van der Waals surface area contributed by atoms with E-state index in [9.17, 15) is 22.8 Å². The zero-order valence-corrected chi connectivity index (χ0v) is 11.3. The standard InChI is InChI=1S/C11H9BrF3NO3/c1-19-8-3-2-6(12)4-7(8)9(17)10(18)16-5-11(13,14)15/h2-4H,5H2,1H3,(H,16,18). The number of methoxy groups -OCH3 is 1. The zero-order chi connectivity index (χ0) is 14.6. The fraction of sp³-hybridized carbons (Fsp3) is 0.273. The van der Waals surface area contributed by atoms with Gasteiger partial charge in [-0.2, -0.15) is 13.2 Å². The summed E-state index contributed by atoms with van der Waals surface area (Å²) in [6.07, 6.45) is -4.57. The van der Waals surface area contributed by atoms with Gasteiger partial charge >= 0.3 is 6.18 Å². The van der Waals surface area contributed by atoms with E-state index in [-0.39, 0.29) is 11.3 Å². The van der Waals surface area contributed by atoms with Crippen LogP contribution in [0.2, 0.25) is 0 Å². The molecule has 19 heavy (non-hydrogen) atoms. The zero-order valence-electron chi connectivity index (χ0n) is 9.68. The second-order valence-corrected chi connectivity index (χ2v) is 4.39. The van der Waals surface area contributed by atoms with Gasteiger partial charge in [0, 0.05) is 4.47 Å². The van der Waals surface area contributed by atoms with Crippen molar-refractivity contribution in [2.75, 3.05) is 13.7 Å². The van der Waals surface area contributed by atoms with Gasteiger partial charge in [0.15, 0.2) is 0 Å². The van der Waals surface area contributed by atoms with Crippen LogP contribution in [0.3, 0.4) is 0 Å². The van der Waals surface area contributed by atoms with Crippen LogP contribution in [-0.4, -0.2) is 31.5 Å². The number of ketones is 1. The minimum atomic E-state index is -4.57. The Kier molecular flexibility index (Phi) is 4.93. The molecule has 0 saturated heterocycles. The van der Waals surface area contributed by atoms with Crippen molar-refractivity contribution in [1.82, 2.24) is 5.32 Å². The van der Waals surface area contributed by atoms with Crippen LogP contribution in [0.15, 0.2) is 22.7 Å². The fourth-order valence-corrected chi connectivity index (χ4v) is 1.60. The van der Waals surface area contributed by atoms with E-state index < -0.39 is 24.4 Å². The highest BCUT2D eigenvalue weighted by Gasteiger charge is 2.30. The third-order valence-corrected chi connectivity index (χ3v) is 2.56. The topological polar surface area (TPSA) is 55.4 Å². The van der Waals surface area contributed by atoms with Gasteiger partial charge in [0.2, 0.25) is 0 Å². The number of carbonyl (C=O) groups is 2. The molecular formula is C11H9BrF3NO3. The van der Waals surface area contributed by atoms with Gasteiger partial charge in [-0.05, 0) is 18.2 Å². The van der Waals surface area contributed by atoms with Crippen LogP contribution in [0.5, 0.6) is 5.75 Å². The predicted molar refractivity (Wildman–Crippen MR) is 64.1 cm³/mol. The molecule has 1 N–H and O–H groups in total. The van der Waals surface area contributed by atoms with Crippen molar-refractivity contribution in [2.24, 2.45) is 0 Å². The second kappa shape index (κ2) is 6.05. The summed E-state index contributed by atoms with van der Waals surface area (Å²) < 4.78 is 41.2. The molecule has 8 heteroatoms. The fourth-order valence-electron chi connectivity index (χ4n) is 1.24. The predicted octanol–water partition coefficient (Wildman–Crippen LogP) is 2.32. The van der Waals surface area contributed by atoms with Gasteiger partial charge in [-0.15, -0.1) is 0 Å². The van der Waals surface area contributed by atoms with Crippen molar-refractivity contribution in [2.45, 2.75) is 6.18 Å². The minimum Gasteiger partial charge on any atom is -0.496 e. The number of halogens is 4. The summed E-state index contributed by atoms with van der Waals surface area (Å²) in [7, 11) is 1.29. The summed E-state index contributed by atoms with van der Waals surface area (Å²) >= 11 is 3.09. The van der Waals surface area contributed by atoms with E-state index in [1.807, 2.05) is 0 Å². The molecule has 104 valence electrons. The Balaban J connectivity index is 2.88. The van der Waals surface area contributed by atoms with Crippen molar-refractivity contribution in [3.63, 3.8) is 0 Å². The monoisotopic (exact) mass is 339 g/mol. The molecule has 0 saturated carbocycles. The highest BCUT2D eigenvalue weighted by atomic mass is 79.9. The summed E-state index contributed by atoms with van der Waals surface area (Å²) in [4.78, 5) is 23.1. The van der Waals surface area contributed by atoms with Gasteiger partial charge < -0.3 is 10.1 Å². The number of benzene rings is 1. The average molecular weight is 340 g/mol. The maximum atomic E-state index is 11.9. The van der Waals surface area contributed by atoms with Crippen LogP contribution in [0.25, 0.3) is 0 Å². The van der Waals surface area contributed by atoms with E-state index in [4.69, 9.17) is 4.74 Å². The lowest BCUT2D eigenvalue weighted by Crippen LogP contribution is -2.38. The third kappa shape index (κ3) is 4.55. The lowest BCUT2D eigenvalue weighted by atomic mass is 10.1. The van der Waals surface area contributed by atoms with E-state index in [1.54, 1.807) is 6.07 Å². The highest BCUT2D eigenvalue weighted by Crippen LogP contribution is 2.23. The number of carbonyl (C=O) groups excluding carboxylic acids is 2. The molecule has 0 aliphatic rings. The van der Waals surface area contributed by atoms with Crippen molar-refractivity contribution in [3.8, 4) is 5.75 Å². The van der Waals surface area contributed by atoms with Crippen molar-refractivity contribution in [1.29, 1.82) is 0 Å². The Morgan fingerprint density at radius 2 is 2.00 bits per heavy atom. The smallest absolute Gasteiger partial charge is 0.405 e. The third-order valence-electron chi connectivity index (χ3n) is 2.06. The molecule has 4 nitrogen and oxygen atoms in total. The van der Waals surface area contributed by atoms with E-state index >= 15 is 0 Å². The van der Waals surface area contributed by atoms with E-state index in [2.05, 4.69) is 15.9 Å². The Morgan fingerprint density at radius 3 is 2.53 bits per heavy atom. The SMILES string of the molecule is COc1ccc(Br)cc1C(=O)C(=O)NCC(F)(F)F. The first kappa shape index (κ1) is 15.5. The molecular weight excluding hydrogens is 331 g/mol. The van der Waals surface area contributed by atoms with Crippen molar-refractivity contribution < 1.29 is 27.5 Å². The molecule has 0 aliphatic carbocycles. The van der Waals surface area contributed by atoms with Gasteiger partial charge in [0.05, 0.1) is 12.7 Å². The summed E-state index contributed by atoms with van der Waals surface area (Å²) in [6, 6.07) is 4.30. The molecule has 0 atom stereocenters. The van der Waals surface area contributed by atoms with Gasteiger partial charge in [-0.3, -0.25) is 9.59 Å². The van der Waals surface area contributed by atoms with Gasteiger partial charge in [-0.1, -0.05) is 15.9 Å². The number of ether oxygens (including phenoxy) is 1. The first-order valence-corrected chi connectivity index (χ1v) is 5.76. The molecule has 0 unspecified atom stereocenters. The minimum absolute atomic E-state index is 0.107.